The largest absolute Gasteiger partial charge is 0.310 e. The Balaban J connectivity index is 2.19. The lowest BCUT2D eigenvalue weighted by Crippen LogP contribution is -2.23. The van der Waals surface area contributed by atoms with E-state index in [4.69, 9.17) is 0 Å². The van der Waals surface area contributed by atoms with Crippen LogP contribution in [0.2, 0.25) is 0 Å². The number of nitrogens with zero attached hydrogens (tertiary/aromatic N) is 3. The second kappa shape index (κ2) is 5.63. The van der Waals surface area contributed by atoms with Crippen molar-refractivity contribution in [2.24, 2.45) is 7.05 Å². The van der Waals surface area contributed by atoms with Gasteiger partial charge in [-0.25, -0.2) is 0 Å². The predicted octanol–water partition coefficient (Wildman–Crippen LogP) is 0.442. The van der Waals surface area contributed by atoms with E-state index in [9.17, 15) is 8.42 Å². The maximum atomic E-state index is 12.3. The summed E-state index contributed by atoms with van der Waals surface area (Å²) < 4.78 is 28.5. The molecule has 0 radical (unpaired) electrons. The summed E-state index contributed by atoms with van der Waals surface area (Å²) in [6.07, 6.45) is 3.16. The highest BCUT2D eigenvalue weighted by Gasteiger charge is 2.21. The van der Waals surface area contributed by atoms with E-state index < -0.39 is 10.0 Å². The zero-order valence-corrected chi connectivity index (χ0v) is 12.4. The fourth-order valence-corrected chi connectivity index (χ4v) is 2.76. The Bertz CT molecular complexity index is 673. The monoisotopic (exact) mass is 298 g/mol. The van der Waals surface area contributed by atoms with Crippen LogP contribution in [0.4, 0.5) is 5.82 Å². The highest BCUT2D eigenvalue weighted by Crippen LogP contribution is 2.16. The van der Waals surface area contributed by atoms with Gasteiger partial charge in [0.15, 0.2) is 10.8 Å². The van der Waals surface area contributed by atoms with Crippen molar-refractivity contribution in [3.8, 4) is 0 Å². The first-order valence-corrected chi connectivity index (χ1v) is 7.65. The van der Waals surface area contributed by atoms with Crippen LogP contribution >= 0.6 is 0 Å². The van der Waals surface area contributed by atoms with Crippen LogP contribution in [0.3, 0.4) is 0 Å². The minimum Gasteiger partial charge on any atom is -0.310 e. The SMILES string of the molecule is CC(C)NCc1cn[nH]c1S(=O)(=O)Nc1ccn(C)n1. The number of hydrogen-bond donors (Lipinski definition) is 3. The molecule has 0 aliphatic rings. The molecule has 0 saturated heterocycles. The quantitative estimate of drug-likeness (QED) is 0.718. The van der Waals surface area contributed by atoms with Gasteiger partial charge in [0.2, 0.25) is 0 Å². The van der Waals surface area contributed by atoms with Gasteiger partial charge in [0.05, 0.1) is 6.20 Å². The van der Waals surface area contributed by atoms with Gasteiger partial charge in [-0.3, -0.25) is 14.5 Å². The van der Waals surface area contributed by atoms with Crippen molar-refractivity contribution >= 4 is 15.8 Å². The molecule has 110 valence electrons. The Morgan fingerprint density at radius 3 is 2.80 bits per heavy atom. The molecule has 0 amide bonds. The highest BCUT2D eigenvalue weighted by molar-refractivity contribution is 7.92. The van der Waals surface area contributed by atoms with Crippen LogP contribution in [0, 0.1) is 0 Å². The van der Waals surface area contributed by atoms with Crippen molar-refractivity contribution in [1.82, 2.24) is 25.3 Å². The third kappa shape index (κ3) is 3.36. The topological polar surface area (TPSA) is 105 Å². The number of rotatable bonds is 6. The van der Waals surface area contributed by atoms with E-state index in [1.165, 1.54) is 10.9 Å². The molecule has 3 N–H and O–H groups in total. The lowest BCUT2D eigenvalue weighted by molar-refractivity contribution is 0.574. The minimum atomic E-state index is -3.72. The Kier molecular flexibility index (Phi) is 4.09. The van der Waals surface area contributed by atoms with E-state index in [1.807, 2.05) is 13.8 Å². The minimum absolute atomic E-state index is 0.0521. The second-order valence-electron chi connectivity index (χ2n) is 4.74. The van der Waals surface area contributed by atoms with E-state index in [1.54, 1.807) is 19.3 Å². The van der Waals surface area contributed by atoms with Crippen molar-refractivity contribution < 1.29 is 8.42 Å². The molecule has 0 atom stereocenters. The number of aromatic amines is 1. The number of H-pyrrole nitrogens is 1. The first-order chi connectivity index (χ1) is 9.38. The Labute approximate surface area is 117 Å². The van der Waals surface area contributed by atoms with E-state index in [0.29, 0.717) is 12.1 Å². The van der Waals surface area contributed by atoms with E-state index in [-0.39, 0.29) is 16.9 Å². The molecular weight excluding hydrogens is 280 g/mol. The van der Waals surface area contributed by atoms with Crippen LogP contribution in [0.1, 0.15) is 19.4 Å². The van der Waals surface area contributed by atoms with Crippen molar-refractivity contribution in [1.29, 1.82) is 0 Å². The zero-order chi connectivity index (χ0) is 14.8. The summed E-state index contributed by atoms with van der Waals surface area (Å²) in [6, 6.07) is 1.84. The smallest absolute Gasteiger partial charge is 0.280 e. The van der Waals surface area contributed by atoms with Crippen molar-refractivity contribution in [2.45, 2.75) is 31.5 Å². The lowest BCUT2D eigenvalue weighted by atomic mass is 10.3. The molecule has 0 spiro atoms. The summed E-state index contributed by atoms with van der Waals surface area (Å²) in [5.41, 5.74) is 0.585. The number of aryl methyl sites for hydroxylation is 1. The number of hydrogen-bond acceptors (Lipinski definition) is 5. The number of nitrogens with one attached hydrogen (secondary N) is 3. The first-order valence-electron chi connectivity index (χ1n) is 6.16. The van der Waals surface area contributed by atoms with Crippen LogP contribution in [-0.2, 0) is 23.6 Å². The summed E-state index contributed by atoms with van der Waals surface area (Å²) in [5.74, 6) is 0.268. The van der Waals surface area contributed by atoms with Gasteiger partial charge in [-0.05, 0) is 0 Å². The first kappa shape index (κ1) is 14.5. The molecule has 2 aromatic heterocycles. The Hall–Kier alpha value is -1.87. The van der Waals surface area contributed by atoms with Crippen LogP contribution < -0.4 is 10.0 Å². The molecule has 0 unspecified atom stereocenters. The predicted molar refractivity (Wildman–Crippen MR) is 74.6 cm³/mol. The van der Waals surface area contributed by atoms with Crippen molar-refractivity contribution in [3.05, 3.63) is 24.0 Å². The second-order valence-corrected chi connectivity index (χ2v) is 6.36. The summed E-state index contributed by atoms with van der Waals surface area (Å²) in [7, 11) is -2.00. The molecule has 2 heterocycles. The Morgan fingerprint density at radius 1 is 1.45 bits per heavy atom. The molecule has 0 aliphatic carbocycles. The highest BCUT2D eigenvalue weighted by atomic mass is 32.2. The number of anilines is 1. The third-order valence-corrected chi connectivity index (χ3v) is 3.97. The summed E-state index contributed by atoms with van der Waals surface area (Å²) >= 11 is 0. The van der Waals surface area contributed by atoms with Crippen molar-refractivity contribution in [2.75, 3.05) is 4.72 Å². The summed E-state index contributed by atoms with van der Waals surface area (Å²) in [4.78, 5) is 0. The molecule has 0 saturated carbocycles. The van der Waals surface area contributed by atoms with Gasteiger partial charge in [0.25, 0.3) is 10.0 Å². The number of sulfonamides is 1. The molecule has 8 nitrogen and oxygen atoms in total. The normalized spacial score (nSPS) is 12.0. The van der Waals surface area contributed by atoms with Crippen LogP contribution in [0.5, 0.6) is 0 Å². The molecule has 2 aromatic rings. The van der Waals surface area contributed by atoms with E-state index in [2.05, 4.69) is 25.3 Å². The van der Waals surface area contributed by atoms with Gasteiger partial charge in [-0.15, -0.1) is 0 Å². The fourth-order valence-electron chi connectivity index (χ4n) is 1.63. The molecular formula is C11H18N6O2S. The van der Waals surface area contributed by atoms with Gasteiger partial charge < -0.3 is 5.32 Å². The molecule has 0 fully saturated rings. The van der Waals surface area contributed by atoms with Crippen LogP contribution in [0.15, 0.2) is 23.5 Å². The average molecular weight is 298 g/mol. The van der Waals surface area contributed by atoms with Gasteiger partial charge in [-0.2, -0.15) is 18.6 Å². The zero-order valence-electron chi connectivity index (χ0n) is 11.6. The molecule has 0 bridgehead atoms. The van der Waals surface area contributed by atoms with Crippen LogP contribution in [-0.4, -0.2) is 34.4 Å². The molecule has 0 aliphatic heterocycles. The van der Waals surface area contributed by atoms with Crippen LogP contribution in [0.25, 0.3) is 0 Å². The fraction of sp³-hybridized carbons (Fsp3) is 0.455. The molecule has 20 heavy (non-hydrogen) atoms. The lowest BCUT2D eigenvalue weighted by Gasteiger charge is -2.09. The van der Waals surface area contributed by atoms with Gasteiger partial charge in [-0.1, -0.05) is 13.8 Å². The van der Waals surface area contributed by atoms with Gasteiger partial charge >= 0.3 is 0 Å². The third-order valence-electron chi connectivity index (χ3n) is 2.60. The van der Waals surface area contributed by atoms with Crippen molar-refractivity contribution in [3.63, 3.8) is 0 Å². The number of aromatic nitrogens is 4. The van der Waals surface area contributed by atoms with Gasteiger partial charge in [0, 0.05) is 37.5 Å². The maximum Gasteiger partial charge on any atom is 0.280 e. The Morgan fingerprint density at radius 2 is 2.20 bits per heavy atom. The summed E-state index contributed by atoms with van der Waals surface area (Å²) in [5, 5.41) is 13.5. The maximum absolute atomic E-state index is 12.3. The summed E-state index contributed by atoms with van der Waals surface area (Å²) in [6.45, 7) is 4.40. The van der Waals surface area contributed by atoms with Gasteiger partial charge in [0.1, 0.15) is 0 Å². The molecule has 2 rings (SSSR count). The van der Waals surface area contributed by atoms with E-state index in [0.717, 1.165) is 0 Å². The standard InChI is InChI=1S/C11H18N6O2S/c1-8(2)12-6-9-7-13-14-11(9)20(18,19)16-10-4-5-17(3)15-10/h4-5,7-8,12H,6H2,1-3H3,(H,13,14)(H,15,16). The molecule has 0 aromatic carbocycles. The average Bonchev–Trinajstić information content (AvgIpc) is 2.95. The van der Waals surface area contributed by atoms with E-state index >= 15 is 0 Å². The molecule has 9 heteroatoms.